The highest BCUT2D eigenvalue weighted by Gasteiger charge is 2.17. The van der Waals surface area contributed by atoms with Crippen molar-refractivity contribution in [3.63, 3.8) is 0 Å². The first-order valence-electron chi connectivity index (χ1n) is 5.17. The van der Waals surface area contributed by atoms with Gasteiger partial charge >= 0.3 is 0 Å². The Morgan fingerprint density at radius 3 is 2.86 bits per heavy atom. The van der Waals surface area contributed by atoms with E-state index >= 15 is 0 Å². The van der Waals surface area contributed by atoms with E-state index in [1.54, 1.807) is 6.92 Å². The highest BCUT2D eigenvalue weighted by atomic mass is 16.1. The Morgan fingerprint density at radius 2 is 2.21 bits per heavy atom. The van der Waals surface area contributed by atoms with Crippen LogP contribution in [0.2, 0.25) is 0 Å². The Balaban J connectivity index is 2.21. The van der Waals surface area contributed by atoms with Gasteiger partial charge in [0.2, 0.25) is 0 Å². The molecule has 3 nitrogen and oxygen atoms in total. The van der Waals surface area contributed by atoms with Crippen LogP contribution in [0.1, 0.15) is 36.3 Å². The largest absolute Gasteiger partial charge is 0.342 e. The molecule has 14 heavy (non-hydrogen) atoms. The Morgan fingerprint density at radius 1 is 1.50 bits per heavy atom. The normalized spacial score (nSPS) is 18.4. The molecular weight excluding hydrogens is 176 g/mol. The monoisotopic (exact) mass is 192 g/mol. The summed E-state index contributed by atoms with van der Waals surface area (Å²) in [4.78, 5) is 11.3. The van der Waals surface area contributed by atoms with Crippen molar-refractivity contribution in [3.05, 3.63) is 24.0 Å². The van der Waals surface area contributed by atoms with Crippen molar-refractivity contribution in [1.29, 1.82) is 0 Å². The molecule has 0 aliphatic carbocycles. The summed E-state index contributed by atoms with van der Waals surface area (Å²) in [5, 5.41) is 3.33. The fraction of sp³-hybridized carbons (Fsp3) is 0.545. The van der Waals surface area contributed by atoms with Crippen LogP contribution >= 0.6 is 0 Å². The van der Waals surface area contributed by atoms with Gasteiger partial charge < -0.3 is 9.88 Å². The molecule has 1 N–H and O–H groups in total. The van der Waals surface area contributed by atoms with Crippen molar-refractivity contribution in [3.8, 4) is 0 Å². The molecule has 1 saturated heterocycles. The number of rotatable bonds is 2. The minimum Gasteiger partial charge on any atom is -0.342 e. The van der Waals surface area contributed by atoms with Gasteiger partial charge in [-0.2, -0.15) is 0 Å². The third kappa shape index (κ3) is 1.73. The lowest BCUT2D eigenvalue weighted by Crippen LogP contribution is -2.30. The molecule has 0 saturated carbocycles. The Hall–Kier alpha value is -1.09. The molecule has 0 amide bonds. The van der Waals surface area contributed by atoms with Crippen LogP contribution in [0.25, 0.3) is 0 Å². The van der Waals surface area contributed by atoms with Crippen molar-refractivity contribution < 1.29 is 4.79 Å². The average molecular weight is 192 g/mol. The van der Waals surface area contributed by atoms with Crippen molar-refractivity contribution in [2.45, 2.75) is 25.8 Å². The number of aromatic nitrogens is 1. The summed E-state index contributed by atoms with van der Waals surface area (Å²) in [7, 11) is 0. The van der Waals surface area contributed by atoms with Gasteiger partial charge in [-0.05, 0) is 38.1 Å². The van der Waals surface area contributed by atoms with Crippen LogP contribution in [-0.2, 0) is 0 Å². The molecule has 0 radical (unpaired) electrons. The number of hydrogen-bond acceptors (Lipinski definition) is 2. The summed E-state index contributed by atoms with van der Waals surface area (Å²) in [6.07, 6.45) is 4.26. The SMILES string of the molecule is CC(=O)c1cccn1C1CCNCC1. The van der Waals surface area contributed by atoms with Crippen LogP contribution in [0.4, 0.5) is 0 Å². The third-order valence-electron chi connectivity index (χ3n) is 2.84. The van der Waals surface area contributed by atoms with E-state index in [1.807, 2.05) is 18.3 Å². The van der Waals surface area contributed by atoms with Gasteiger partial charge in [0.15, 0.2) is 5.78 Å². The maximum Gasteiger partial charge on any atom is 0.176 e. The number of piperidine rings is 1. The lowest BCUT2D eigenvalue weighted by atomic mass is 10.1. The van der Waals surface area contributed by atoms with Crippen LogP contribution in [0.3, 0.4) is 0 Å². The standard InChI is InChI=1S/C11H16N2O/c1-9(14)11-3-2-8-13(11)10-4-6-12-7-5-10/h2-3,8,10,12H,4-7H2,1H3. The molecule has 1 aliphatic rings. The second-order valence-electron chi connectivity index (χ2n) is 3.84. The maximum absolute atomic E-state index is 11.3. The minimum absolute atomic E-state index is 0.161. The van der Waals surface area contributed by atoms with Crippen molar-refractivity contribution in [2.24, 2.45) is 0 Å². The number of nitrogens with one attached hydrogen (secondary N) is 1. The highest BCUT2D eigenvalue weighted by molar-refractivity contribution is 5.92. The molecule has 0 spiro atoms. The summed E-state index contributed by atoms with van der Waals surface area (Å²) in [6, 6.07) is 4.37. The van der Waals surface area contributed by atoms with Crippen molar-refractivity contribution in [1.82, 2.24) is 9.88 Å². The zero-order valence-corrected chi connectivity index (χ0v) is 8.49. The Kier molecular flexibility index (Phi) is 2.68. The van der Waals surface area contributed by atoms with E-state index in [2.05, 4.69) is 9.88 Å². The van der Waals surface area contributed by atoms with E-state index in [0.29, 0.717) is 6.04 Å². The van der Waals surface area contributed by atoms with Crippen LogP contribution in [0, 0.1) is 0 Å². The lowest BCUT2D eigenvalue weighted by molar-refractivity contribution is 0.100. The van der Waals surface area contributed by atoms with Crippen LogP contribution < -0.4 is 5.32 Å². The van der Waals surface area contributed by atoms with E-state index in [1.165, 1.54) is 0 Å². The van der Waals surface area contributed by atoms with E-state index in [-0.39, 0.29) is 5.78 Å². The summed E-state index contributed by atoms with van der Waals surface area (Å²) in [6.45, 7) is 3.74. The lowest BCUT2D eigenvalue weighted by Gasteiger charge is -2.25. The van der Waals surface area contributed by atoms with E-state index in [4.69, 9.17) is 0 Å². The average Bonchev–Trinajstić information content (AvgIpc) is 2.67. The molecule has 0 atom stereocenters. The van der Waals surface area contributed by atoms with Crippen LogP contribution in [-0.4, -0.2) is 23.4 Å². The number of carbonyl (C=O) groups is 1. The summed E-state index contributed by atoms with van der Waals surface area (Å²) in [5.74, 6) is 0.161. The Labute approximate surface area is 84.1 Å². The fourth-order valence-corrected chi connectivity index (χ4v) is 2.10. The molecule has 1 aromatic rings. The molecule has 0 aromatic carbocycles. The Bertz CT molecular complexity index is 324. The van der Waals surface area contributed by atoms with Gasteiger partial charge in [0, 0.05) is 19.2 Å². The van der Waals surface area contributed by atoms with Gasteiger partial charge in [-0.1, -0.05) is 0 Å². The van der Waals surface area contributed by atoms with E-state index in [9.17, 15) is 4.79 Å². The molecule has 2 rings (SSSR count). The first kappa shape index (κ1) is 9.46. The first-order chi connectivity index (χ1) is 6.79. The van der Waals surface area contributed by atoms with Crippen LogP contribution in [0.15, 0.2) is 18.3 Å². The molecule has 2 heterocycles. The second kappa shape index (κ2) is 3.96. The fourth-order valence-electron chi connectivity index (χ4n) is 2.10. The zero-order chi connectivity index (χ0) is 9.97. The first-order valence-corrected chi connectivity index (χ1v) is 5.17. The molecule has 1 aromatic heterocycles. The molecule has 1 aliphatic heterocycles. The summed E-state index contributed by atoms with van der Waals surface area (Å²) >= 11 is 0. The topological polar surface area (TPSA) is 34.0 Å². The molecule has 76 valence electrons. The third-order valence-corrected chi connectivity index (χ3v) is 2.84. The molecule has 3 heteroatoms. The van der Waals surface area contributed by atoms with E-state index in [0.717, 1.165) is 31.6 Å². The van der Waals surface area contributed by atoms with Crippen molar-refractivity contribution in [2.75, 3.05) is 13.1 Å². The van der Waals surface area contributed by atoms with Gasteiger partial charge in [0.25, 0.3) is 0 Å². The van der Waals surface area contributed by atoms with Gasteiger partial charge in [-0.3, -0.25) is 4.79 Å². The maximum atomic E-state index is 11.3. The van der Waals surface area contributed by atoms with Crippen LogP contribution in [0.5, 0.6) is 0 Å². The quantitative estimate of drug-likeness (QED) is 0.722. The van der Waals surface area contributed by atoms with Gasteiger partial charge in [0.05, 0.1) is 5.69 Å². The number of hydrogen-bond donors (Lipinski definition) is 1. The summed E-state index contributed by atoms with van der Waals surface area (Å²) in [5.41, 5.74) is 0.844. The predicted molar refractivity (Wildman–Crippen MR) is 55.6 cm³/mol. The molecule has 0 unspecified atom stereocenters. The molecule has 0 bridgehead atoms. The zero-order valence-electron chi connectivity index (χ0n) is 8.49. The highest BCUT2D eigenvalue weighted by Crippen LogP contribution is 2.21. The molecule has 1 fully saturated rings. The second-order valence-corrected chi connectivity index (χ2v) is 3.84. The molecular formula is C11H16N2O. The smallest absolute Gasteiger partial charge is 0.176 e. The predicted octanol–water partition coefficient (Wildman–Crippen LogP) is 1.62. The number of Topliss-reactive ketones (excluding diaryl/α,β-unsaturated/α-hetero) is 1. The van der Waals surface area contributed by atoms with Gasteiger partial charge in [0.1, 0.15) is 0 Å². The number of nitrogens with zero attached hydrogens (tertiary/aromatic N) is 1. The number of ketones is 1. The van der Waals surface area contributed by atoms with E-state index < -0.39 is 0 Å². The van der Waals surface area contributed by atoms with Gasteiger partial charge in [-0.25, -0.2) is 0 Å². The number of carbonyl (C=O) groups excluding carboxylic acids is 1. The summed E-state index contributed by atoms with van der Waals surface area (Å²) < 4.78 is 2.13. The van der Waals surface area contributed by atoms with Gasteiger partial charge in [-0.15, -0.1) is 0 Å². The van der Waals surface area contributed by atoms with Crippen molar-refractivity contribution >= 4 is 5.78 Å². The minimum atomic E-state index is 0.161.